The van der Waals surface area contributed by atoms with Crippen molar-refractivity contribution in [1.82, 2.24) is 10.0 Å². The molecule has 1 heterocycles. The van der Waals surface area contributed by atoms with Crippen LogP contribution in [0.15, 0.2) is 71.6 Å². The monoisotopic (exact) mass is 520 g/mol. The predicted octanol–water partition coefficient (Wildman–Crippen LogP) is 2.86. The Morgan fingerprint density at radius 1 is 1.05 bits per heavy atom. The average molecular weight is 521 g/mol. The molecule has 2 N–H and O–H groups in total. The SMILES string of the molecule is Cc1ccccc1S(=O)(=O)NC(=O)NC(Cc1ccc(C#N)cc1)C(=O)N(C)c1ccc2c(c1)OCO2. The molecule has 0 bridgehead atoms. The molecule has 0 spiro atoms. The number of carbonyl (C=O) groups excluding carboxylic acids is 2. The molecule has 1 aliphatic heterocycles. The second-order valence-corrected chi connectivity index (χ2v) is 10.00. The minimum Gasteiger partial charge on any atom is -0.454 e. The van der Waals surface area contributed by atoms with Gasteiger partial charge in [0.2, 0.25) is 12.7 Å². The van der Waals surface area contributed by atoms with Gasteiger partial charge in [0.25, 0.3) is 10.0 Å². The minimum absolute atomic E-state index is 0.0439. The van der Waals surface area contributed by atoms with Crippen LogP contribution in [0.5, 0.6) is 11.5 Å². The Balaban J connectivity index is 1.57. The van der Waals surface area contributed by atoms with Gasteiger partial charge in [-0.3, -0.25) is 4.79 Å². The maximum absolute atomic E-state index is 13.5. The molecule has 0 aromatic heterocycles. The zero-order chi connectivity index (χ0) is 26.6. The van der Waals surface area contributed by atoms with E-state index in [-0.39, 0.29) is 18.1 Å². The number of carbonyl (C=O) groups is 2. The number of fused-ring (bicyclic) bond motifs is 1. The van der Waals surface area contributed by atoms with Crippen LogP contribution < -0.4 is 24.4 Å². The number of amides is 3. The number of anilines is 1. The van der Waals surface area contributed by atoms with Gasteiger partial charge in [0.15, 0.2) is 11.5 Å². The molecule has 1 unspecified atom stereocenters. The maximum atomic E-state index is 13.5. The number of likely N-dealkylation sites (N-methyl/N-ethyl adjacent to an activating group) is 1. The van der Waals surface area contributed by atoms with E-state index in [9.17, 15) is 18.0 Å². The number of rotatable bonds is 7. The van der Waals surface area contributed by atoms with E-state index in [1.165, 1.54) is 18.0 Å². The standard InChI is InChI=1S/C26H24N4O6S/c1-17-5-3-4-6-24(17)37(33,34)29-26(32)28-21(13-18-7-9-19(15-27)10-8-18)25(31)30(2)20-11-12-22-23(14-20)36-16-35-22/h3-12,14,21H,13,16H2,1-2H3,(H2,28,29,32). The second-order valence-electron chi connectivity index (χ2n) is 8.34. The van der Waals surface area contributed by atoms with Crippen LogP contribution in [0.2, 0.25) is 0 Å². The molecule has 11 heteroatoms. The van der Waals surface area contributed by atoms with Crippen molar-refractivity contribution in [3.8, 4) is 17.6 Å². The molecule has 3 aromatic rings. The molecule has 190 valence electrons. The molecule has 0 fully saturated rings. The molecule has 4 rings (SSSR count). The van der Waals surface area contributed by atoms with Gasteiger partial charge >= 0.3 is 6.03 Å². The molecule has 0 saturated heterocycles. The van der Waals surface area contributed by atoms with Gasteiger partial charge in [0.1, 0.15) is 6.04 Å². The zero-order valence-corrected chi connectivity index (χ0v) is 20.9. The van der Waals surface area contributed by atoms with Crippen LogP contribution in [0.4, 0.5) is 10.5 Å². The first-order chi connectivity index (χ1) is 17.7. The van der Waals surface area contributed by atoms with Crippen molar-refractivity contribution in [2.45, 2.75) is 24.3 Å². The lowest BCUT2D eigenvalue weighted by Crippen LogP contribution is -2.52. The lowest BCUT2D eigenvalue weighted by Gasteiger charge is -2.25. The van der Waals surface area contributed by atoms with Crippen molar-refractivity contribution in [3.63, 3.8) is 0 Å². The first kappa shape index (κ1) is 25.5. The van der Waals surface area contributed by atoms with Crippen molar-refractivity contribution in [1.29, 1.82) is 5.26 Å². The van der Waals surface area contributed by atoms with E-state index < -0.39 is 28.0 Å². The summed E-state index contributed by atoms with van der Waals surface area (Å²) in [7, 11) is -2.64. The van der Waals surface area contributed by atoms with E-state index in [0.717, 1.165) is 0 Å². The highest BCUT2D eigenvalue weighted by Crippen LogP contribution is 2.35. The zero-order valence-electron chi connectivity index (χ0n) is 20.1. The second kappa shape index (κ2) is 10.6. The van der Waals surface area contributed by atoms with Gasteiger partial charge in [-0.25, -0.2) is 17.9 Å². The van der Waals surface area contributed by atoms with Crippen LogP contribution in [-0.4, -0.2) is 40.2 Å². The number of ether oxygens (including phenoxy) is 2. The first-order valence-corrected chi connectivity index (χ1v) is 12.7. The van der Waals surface area contributed by atoms with Crippen molar-refractivity contribution >= 4 is 27.6 Å². The van der Waals surface area contributed by atoms with Crippen LogP contribution in [0, 0.1) is 18.3 Å². The normalized spacial score (nSPS) is 12.8. The Morgan fingerprint density at radius 3 is 2.46 bits per heavy atom. The molecule has 0 radical (unpaired) electrons. The fourth-order valence-electron chi connectivity index (χ4n) is 3.83. The Bertz CT molecular complexity index is 1480. The van der Waals surface area contributed by atoms with Crippen molar-refractivity contribution < 1.29 is 27.5 Å². The third kappa shape index (κ3) is 5.82. The van der Waals surface area contributed by atoms with Crippen molar-refractivity contribution in [3.05, 3.63) is 83.4 Å². The number of urea groups is 1. The Labute approximate surface area is 214 Å². The van der Waals surface area contributed by atoms with Gasteiger partial charge in [-0.2, -0.15) is 5.26 Å². The summed E-state index contributed by atoms with van der Waals surface area (Å²) >= 11 is 0. The third-order valence-electron chi connectivity index (χ3n) is 5.81. The Morgan fingerprint density at radius 2 is 1.76 bits per heavy atom. The summed E-state index contributed by atoms with van der Waals surface area (Å²) in [4.78, 5) is 27.6. The first-order valence-electron chi connectivity index (χ1n) is 11.2. The molecule has 1 atom stereocenters. The van der Waals surface area contributed by atoms with E-state index >= 15 is 0 Å². The smallest absolute Gasteiger partial charge is 0.329 e. The van der Waals surface area contributed by atoms with Crippen molar-refractivity contribution in [2.24, 2.45) is 0 Å². The summed E-state index contributed by atoms with van der Waals surface area (Å²) in [5.41, 5.74) is 2.07. The van der Waals surface area contributed by atoms with Gasteiger partial charge in [-0.15, -0.1) is 0 Å². The number of sulfonamides is 1. The molecule has 0 aliphatic carbocycles. The Kier molecular flexibility index (Phi) is 7.31. The Hall–Kier alpha value is -4.56. The van der Waals surface area contributed by atoms with Gasteiger partial charge in [0.05, 0.1) is 16.5 Å². The van der Waals surface area contributed by atoms with E-state index in [4.69, 9.17) is 14.7 Å². The summed E-state index contributed by atoms with van der Waals surface area (Å²) in [5.74, 6) is 0.542. The molecule has 37 heavy (non-hydrogen) atoms. The largest absolute Gasteiger partial charge is 0.454 e. The number of hydrogen-bond donors (Lipinski definition) is 2. The maximum Gasteiger partial charge on any atom is 0.329 e. The highest BCUT2D eigenvalue weighted by molar-refractivity contribution is 7.90. The molecule has 1 aliphatic rings. The van der Waals surface area contributed by atoms with E-state index in [0.29, 0.717) is 33.9 Å². The number of benzene rings is 3. The molecular weight excluding hydrogens is 496 g/mol. The fraction of sp³-hybridized carbons (Fsp3) is 0.192. The van der Waals surface area contributed by atoms with Crippen molar-refractivity contribution in [2.75, 3.05) is 18.7 Å². The molecule has 3 amide bonds. The molecule has 10 nitrogen and oxygen atoms in total. The van der Waals surface area contributed by atoms with Crippen LogP contribution in [0.25, 0.3) is 0 Å². The lowest BCUT2D eigenvalue weighted by molar-refractivity contribution is -0.120. The van der Waals surface area contributed by atoms with Crippen LogP contribution in [-0.2, 0) is 21.2 Å². The quantitative estimate of drug-likeness (QED) is 0.489. The van der Waals surface area contributed by atoms with E-state index in [1.807, 2.05) is 10.8 Å². The lowest BCUT2D eigenvalue weighted by atomic mass is 10.0. The molecule has 0 saturated carbocycles. The summed E-state index contributed by atoms with van der Waals surface area (Å²) in [5, 5.41) is 11.6. The van der Waals surface area contributed by atoms with Crippen LogP contribution in [0.3, 0.4) is 0 Å². The van der Waals surface area contributed by atoms with Gasteiger partial charge in [-0.1, -0.05) is 30.3 Å². The number of aryl methyl sites for hydroxylation is 1. The number of nitrogens with one attached hydrogen (secondary N) is 2. The highest BCUT2D eigenvalue weighted by atomic mass is 32.2. The van der Waals surface area contributed by atoms with E-state index in [1.54, 1.807) is 67.6 Å². The van der Waals surface area contributed by atoms with Crippen LogP contribution >= 0.6 is 0 Å². The fourth-order valence-corrected chi connectivity index (χ4v) is 4.99. The van der Waals surface area contributed by atoms with Gasteiger partial charge in [-0.05, 0) is 48.4 Å². The molecular formula is C26H24N4O6S. The topological polar surface area (TPSA) is 138 Å². The van der Waals surface area contributed by atoms with E-state index in [2.05, 4.69) is 5.32 Å². The number of nitrogens with zero attached hydrogens (tertiary/aromatic N) is 2. The van der Waals surface area contributed by atoms with Gasteiger partial charge in [0, 0.05) is 25.2 Å². The summed E-state index contributed by atoms with van der Waals surface area (Å²) in [6.07, 6.45) is 0.0528. The highest BCUT2D eigenvalue weighted by Gasteiger charge is 2.28. The predicted molar refractivity (Wildman–Crippen MR) is 135 cm³/mol. The number of nitriles is 1. The summed E-state index contributed by atoms with van der Waals surface area (Å²) in [6.45, 7) is 1.69. The molecule has 3 aromatic carbocycles. The minimum atomic E-state index is -4.18. The average Bonchev–Trinajstić information content (AvgIpc) is 3.35. The third-order valence-corrected chi connectivity index (χ3v) is 7.30. The van der Waals surface area contributed by atoms with Crippen LogP contribution in [0.1, 0.15) is 16.7 Å². The summed E-state index contributed by atoms with van der Waals surface area (Å²) < 4.78 is 38.3. The summed E-state index contributed by atoms with van der Waals surface area (Å²) in [6, 6.07) is 17.6. The number of hydrogen-bond acceptors (Lipinski definition) is 7. The van der Waals surface area contributed by atoms with Gasteiger partial charge < -0.3 is 19.7 Å².